The predicted molar refractivity (Wildman–Crippen MR) is 163 cm³/mol. The summed E-state index contributed by atoms with van der Waals surface area (Å²) in [7, 11) is 0. The smallest absolute Gasteiger partial charge is 0.312 e. The van der Waals surface area contributed by atoms with E-state index in [1.807, 2.05) is 45.9 Å². The number of esters is 1. The van der Waals surface area contributed by atoms with Crippen molar-refractivity contribution in [3.63, 3.8) is 0 Å². The van der Waals surface area contributed by atoms with E-state index < -0.39 is 41.1 Å². The van der Waals surface area contributed by atoms with Crippen LogP contribution < -0.4 is 4.90 Å². The van der Waals surface area contributed by atoms with Crippen molar-refractivity contribution in [1.29, 1.82) is 0 Å². The van der Waals surface area contributed by atoms with Crippen molar-refractivity contribution in [1.82, 2.24) is 4.90 Å². The number of unbranched alkanes of at least 4 members (excludes halogenated alkanes) is 2. The lowest BCUT2D eigenvalue weighted by Gasteiger charge is -2.40. The maximum atomic E-state index is 14.8. The van der Waals surface area contributed by atoms with E-state index in [2.05, 4.69) is 13.2 Å². The first-order chi connectivity index (χ1) is 20.0. The number of rotatable bonds is 14. The van der Waals surface area contributed by atoms with Crippen LogP contribution in [0.4, 0.5) is 5.69 Å². The molecule has 6 atom stereocenters. The topological polar surface area (TPSA) is 96.4 Å². The van der Waals surface area contributed by atoms with Gasteiger partial charge in [-0.05, 0) is 69.9 Å². The number of aliphatic hydroxyl groups is 1. The first-order valence-corrected chi connectivity index (χ1v) is 15.4. The number of nitrogens with zero attached hydrogens (tertiary/aromatic N) is 2. The number of para-hydroxylation sites is 1. The summed E-state index contributed by atoms with van der Waals surface area (Å²) >= 11 is 6.64. The molecule has 0 radical (unpaired) electrons. The number of amides is 2. The van der Waals surface area contributed by atoms with Crippen LogP contribution in [0.2, 0.25) is 5.02 Å². The summed E-state index contributed by atoms with van der Waals surface area (Å²) in [5.41, 5.74) is -0.853. The molecule has 4 rings (SSSR count). The van der Waals surface area contributed by atoms with Gasteiger partial charge < -0.3 is 24.4 Å². The lowest BCUT2D eigenvalue weighted by Crippen LogP contribution is -2.59. The van der Waals surface area contributed by atoms with Gasteiger partial charge in [-0.2, -0.15) is 0 Å². The van der Waals surface area contributed by atoms with Crippen molar-refractivity contribution in [3.8, 4) is 0 Å². The van der Waals surface area contributed by atoms with Gasteiger partial charge in [-0.15, -0.1) is 13.2 Å². The number of likely N-dealkylation sites (tertiary alicyclic amines) is 1. The van der Waals surface area contributed by atoms with Crippen LogP contribution in [0.3, 0.4) is 0 Å². The van der Waals surface area contributed by atoms with Crippen LogP contribution in [0.5, 0.6) is 0 Å². The molecule has 3 saturated heterocycles. The van der Waals surface area contributed by atoms with Crippen molar-refractivity contribution in [2.24, 2.45) is 17.8 Å². The molecule has 2 unspecified atom stereocenters. The molecule has 230 valence electrons. The second kappa shape index (κ2) is 12.9. The Bertz CT molecular complexity index is 1200. The van der Waals surface area contributed by atoms with Gasteiger partial charge in [0, 0.05) is 6.54 Å². The molecule has 3 aliphatic heterocycles. The average Bonchev–Trinajstić information content (AvgIpc) is 3.51. The summed E-state index contributed by atoms with van der Waals surface area (Å²) < 4.78 is 12.5. The Morgan fingerprint density at radius 2 is 2.00 bits per heavy atom. The summed E-state index contributed by atoms with van der Waals surface area (Å²) in [5, 5.41) is 10.9. The molecule has 8 nitrogen and oxygen atoms in total. The Labute approximate surface area is 254 Å². The molecule has 2 amide bonds. The van der Waals surface area contributed by atoms with Gasteiger partial charge in [0.15, 0.2) is 0 Å². The molecule has 1 N–H and O–H groups in total. The first-order valence-electron chi connectivity index (χ1n) is 15.1. The maximum Gasteiger partial charge on any atom is 0.312 e. The summed E-state index contributed by atoms with van der Waals surface area (Å²) in [4.78, 5) is 46.0. The number of carbonyl (C=O) groups is 3. The number of ether oxygens (including phenoxy) is 2. The highest BCUT2D eigenvalue weighted by atomic mass is 35.5. The fraction of sp³-hybridized carbons (Fsp3) is 0.606. The fourth-order valence-corrected chi connectivity index (χ4v) is 7.72. The second-order valence-corrected chi connectivity index (χ2v) is 12.9. The molecule has 9 heteroatoms. The van der Waals surface area contributed by atoms with E-state index in [1.54, 1.807) is 17.0 Å². The minimum Gasteiger partial charge on any atom is -0.465 e. The average molecular weight is 601 g/mol. The molecule has 1 aromatic rings. The van der Waals surface area contributed by atoms with Crippen LogP contribution in [0.25, 0.3) is 0 Å². The van der Waals surface area contributed by atoms with Gasteiger partial charge in [-0.1, -0.05) is 49.7 Å². The molecular formula is C33H45ClN2O6. The van der Waals surface area contributed by atoms with E-state index in [9.17, 15) is 19.5 Å². The Kier molecular flexibility index (Phi) is 9.90. The molecule has 0 aliphatic carbocycles. The standard InChI is InChI=1S/C33H45ClN2O6/c1-7-9-10-11-18-41-31(40)26-25-29(38)36(23(20-37)19-21(3)4)28(33(25)16-15-32(26,6)42-33)30(39)35(17-8-2)27-22(5)13-12-14-24(27)34/h7-8,12-14,21,23,25-26,28,37H,1-2,9-11,15-20H2,3-6H3/t23-,25+,26-,28?,32+,33?/m1/s1. The molecule has 42 heavy (non-hydrogen) atoms. The van der Waals surface area contributed by atoms with E-state index in [4.69, 9.17) is 21.1 Å². The van der Waals surface area contributed by atoms with Gasteiger partial charge >= 0.3 is 5.97 Å². The Hall–Kier alpha value is -2.68. The normalized spacial score (nSPS) is 28.6. The van der Waals surface area contributed by atoms with Gasteiger partial charge in [-0.25, -0.2) is 0 Å². The molecular weight excluding hydrogens is 556 g/mol. The molecule has 2 bridgehead atoms. The molecule has 3 heterocycles. The number of carbonyl (C=O) groups excluding carboxylic acids is 3. The van der Waals surface area contributed by atoms with Gasteiger partial charge in [0.1, 0.15) is 17.6 Å². The minimum absolute atomic E-state index is 0.143. The van der Waals surface area contributed by atoms with Crippen LogP contribution in [0, 0.1) is 24.7 Å². The molecule has 3 aliphatic rings. The van der Waals surface area contributed by atoms with E-state index in [-0.39, 0.29) is 37.5 Å². The van der Waals surface area contributed by atoms with Crippen molar-refractivity contribution in [2.45, 2.75) is 89.5 Å². The van der Waals surface area contributed by atoms with Crippen molar-refractivity contribution in [3.05, 3.63) is 54.1 Å². The molecule has 0 saturated carbocycles. The Morgan fingerprint density at radius 1 is 1.26 bits per heavy atom. The van der Waals surface area contributed by atoms with Gasteiger partial charge in [0.25, 0.3) is 5.91 Å². The third kappa shape index (κ3) is 5.53. The maximum absolute atomic E-state index is 14.8. The Morgan fingerprint density at radius 3 is 2.62 bits per heavy atom. The zero-order valence-electron chi connectivity index (χ0n) is 25.3. The molecule has 1 spiro atoms. The lowest BCUT2D eigenvalue weighted by atomic mass is 9.66. The highest BCUT2D eigenvalue weighted by Gasteiger charge is 2.79. The minimum atomic E-state index is -1.24. The largest absolute Gasteiger partial charge is 0.465 e. The highest BCUT2D eigenvalue weighted by Crippen LogP contribution is 2.64. The highest BCUT2D eigenvalue weighted by molar-refractivity contribution is 6.34. The number of anilines is 1. The Balaban J connectivity index is 1.79. The third-order valence-corrected chi connectivity index (χ3v) is 9.44. The van der Waals surface area contributed by atoms with Crippen LogP contribution in [-0.4, -0.2) is 70.8 Å². The number of hydrogen-bond acceptors (Lipinski definition) is 6. The van der Waals surface area contributed by atoms with Gasteiger partial charge in [0.2, 0.25) is 5.91 Å². The van der Waals surface area contributed by atoms with Crippen LogP contribution in [0.15, 0.2) is 43.5 Å². The van der Waals surface area contributed by atoms with E-state index in [1.165, 1.54) is 4.90 Å². The number of halogens is 1. The van der Waals surface area contributed by atoms with Crippen LogP contribution in [0.1, 0.15) is 64.9 Å². The zero-order chi connectivity index (χ0) is 30.8. The van der Waals surface area contributed by atoms with Crippen LogP contribution >= 0.6 is 11.6 Å². The van der Waals surface area contributed by atoms with E-state index in [0.29, 0.717) is 36.4 Å². The quantitative estimate of drug-likeness (QED) is 0.178. The molecule has 3 fully saturated rings. The van der Waals surface area contributed by atoms with Crippen molar-refractivity contribution in [2.75, 3.05) is 24.7 Å². The van der Waals surface area contributed by atoms with Gasteiger partial charge in [-0.3, -0.25) is 14.4 Å². The summed E-state index contributed by atoms with van der Waals surface area (Å²) in [5.74, 6) is -2.80. The molecule has 1 aromatic carbocycles. The third-order valence-electron chi connectivity index (χ3n) is 9.13. The fourth-order valence-electron chi connectivity index (χ4n) is 7.40. The second-order valence-electron chi connectivity index (χ2n) is 12.5. The van der Waals surface area contributed by atoms with Crippen molar-refractivity contribution >= 4 is 35.1 Å². The lowest BCUT2D eigenvalue weighted by molar-refractivity contribution is -0.160. The predicted octanol–water partition coefficient (Wildman–Crippen LogP) is 5.24. The number of fused-ring (bicyclic) bond motifs is 1. The van der Waals surface area contributed by atoms with E-state index >= 15 is 0 Å². The summed E-state index contributed by atoms with van der Waals surface area (Å²) in [6, 6.07) is 3.72. The number of benzene rings is 1. The summed E-state index contributed by atoms with van der Waals surface area (Å²) in [6.07, 6.45) is 7.23. The first kappa shape index (κ1) is 32.2. The number of allylic oxidation sites excluding steroid dienone is 1. The van der Waals surface area contributed by atoms with Gasteiger partial charge in [0.05, 0.1) is 41.5 Å². The van der Waals surface area contributed by atoms with Crippen LogP contribution in [-0.2, 0) is 23.9 Å². The van der Waals surface area contributed by atoms with E-state index in [0.717, 1.165) is 18.4 Å². The SMILES string of the molecule is C=CCCCCOC(=O)[C@H]1[C@H]2C(=O)N([C@@H](CO)CC(C)C)C(C(=O)N(CC=C)c3c(C)cccc3Cl)C23CC[C@]1(C)O3. The zero-order valence-corrected chi connectivity index (χ0v) is 26.1. The molecule has 0 aromatic heterocycles. The summed E-state index contributed by atoms with van der Waals surface area (Å²) in [6.45, 7) is 15.4. The number of aryl methyl sites for hydroxylation is 1. The van der Waals surface area contributed by atoms with Crippen molar-refractivity contribution < 1.29 is 29.0 Å². The monoisotopic (exact) mass is 600 g/mol. The number of aliphatic hydroxyl groups excluding tert-OH is 1. The number of hydrogen-bond donors (Lipinski definition) is 1.